The molecule has 4 aromatic rings. The van der Waals surface area contributed by atoms with E-state index >= 15 is 0 Å². The van der Waals surface area contributed by atoms with E-state index in [1.54, 1.807) is 24.3 Å². The number of anilines is 3. The van der Waals surface area contributed by atoms with Crippen LogP contribution in [0.5, 0.6) is 11.5 Å². The predicted molar refractivity (Wildman–Crippen MR) is 151 cm³/mol. The third-order valence-electron chi connectivity index (χ3n) is 5.59. The summed E-state index contributed by atoms with van der Waals surface area (Å²) in [6, 6.07) is 34.0. The number of rotatable bonds is 13. The van der Waals surface area contributed by atoms with Crippen molar-refractivity contribution in [2.75, 3.05) is 35.7 Å². The molecule has 7 heteroatoms. The number of benzene rings is 4. The summed E-state index contributed by atoms with van der Waals surface area (Å²) in [6.45, 7) is 0.816. The first kappa shape index (κ1) is 26.3. The van der Waals surface area contributed by atoms with Crippen LogP contribution in [0.15, 0.2) is 109 Å². The molecule has 4 aromatic carbocycles. The van der Waals surface area contributed by atoms with E-state index in [4.69, 9.17) is 9.47 Å². The monoisotopic (exact) mass is 509 g/mol. The maximum atomic E-state index is 12.6. The Morgan fingerprint density at radius 1 is 0.632 bits per heavy atom. The van der Waals surface area contributed by atoms with Gasteiger partial charge in [-0.2, -0.15) is 0 Å². The molecule has 2 amide bonds. The summed E-state index contributed by atoms with van der Waals surface area (Å²) in [5.41, 5.74) is 3.05. The van der Waals surface area contributed by atoms with Gasteiger partial charge in [0.15, 0.2) is 0 Å². The maximum absolute atomic E-state index is 12.6. The van der Waals surface area contributed by atoms with Crippen LogP contribution in [0.1, 0.15) is 12.0 Å². The molecule has 0 spiro atoms. The lowest BCUT2D eigenvalue weighted by Gasteiger charge is -2.14. The molecule has 0 saturated carbocycles. The molecule has 0 aliphatic rings. The van der Waals surface area contributed by atoms with Crippen LogP contribution in [0, 0.1) is 0 Å². The molecule has 7 nitrogen and oxygen atoms in total. The highest BCUT2D eigenvalue weighted by Gasteiger charge is 2.08. The van der Waals surface area contributed by atoms with Gasteiger partial charge >= 0.3 is 0 Å². The largest absolute Gasteiger partial charge is 0.490 e. The zero-order valence-corrected chi connectivity index (χ0v) is 21.1. The Bertz CT molecular complexity index is 1310. The molecule has 0 atom stereocenters. The lowest BCUT2D eigenvalue weighted by Crippen LogP contribution is -2.22. The number of ether oxygens (including phenoxy) is 2. The zero-order chi connectivity index (χ0) is 26.4. The fourth-order valence-corrected chi connectivity index (χ4v) is 3.75. The SMILES string of the molecule is O=C(CCc1ccccc1)Nc1cccc(NC(=O)CNc2ccccc2OCCOc2ccccc2)c1. The van der Waals surface area contributed by atoms with E-state index in [2.05, 4.69) is 16.0 Å². The lowest BCUT2D eigenvalue weighted by molar-refractivity contribution is -0.116. The second-order valence-corrected chi connectivity index (χ2v) is 8.52. The van der Waals surface area contributed by atoms with E-state index in [1.807, 2.05) is 84.9 Å². The van der Waals surface area contributed by atoms with Gasteiger partial charge in [0.25, 0.3) is 0 Å². The van der Waals surface area contributed by atoms with Gasteiger partial charge in [-0.25, -0.2) is 0 Å². The Kier molecular flexibility index (Phi) is 9.74. The number of aryl methyl sites for hydroxylation is 1. The average molecular weight is 510 g/mol. The fourth-order valence-electron chi connectivity index (χ4n) is 3.75. The first-order chi connectivity index (χ1) is 18.7. The maximum Gasteiger partial charge on any atom is 0.243 e. The van der Waals surface area contributed by atoms with Crippen molar-refractivity contribution in [2.24, 2.45) is 0 Å². The van der Waals surface area contributed by atoms with Crippen molar-refractivity contribution < 1.29 is 19.1 Å². The third kappa shape index (κ3) is 8.71. The van der Waals surface area contributed by atoms with E-state index in [1.165, 1.54) is 0 Å². The third-order valence-corrected chi connectivity index (χ3v) is 5.59. The summed E-state index contributed by atoms with van der Waals surface area (Å²) >= 11 is 0. The summed E-state index contributed by atoms with van der Waals surface area (Å²) in [7, 11) is 0. The molecule has 38 heavy (non-hydrogen) atoms. The molecule has 4 rings (SSSR count). The zero-order valence-electron chi connectivity index (χ0n) is 21.1. The fraction of sp³-hybridized carbons (Fsp3) is 0.161. The van der Waals surface area contributed by atoms with Crippen LogP contribution in [-0.4, -0.2) is 31.6 Å². The predicted octanol–water partition coefficient (Wildman–Crippen LogP) is 5.77. The van der Waals surface area contributed by atoms with Crippen LogP contribution in [0.25, 0.3) is 0 Å². The van der Waals surface area contributed by atoms with E-state index in [0.29, 0.717) is 48.9 Å². The van der Waals surface area contributed by atoms with Crippen LogP contribution in [0.4, 0.5) is 17.1 Å². The van der Waals surface area contributed by atoms with Crippen molar-refractivity contribution in [3.05, 3.63) is 115 Å². The number of nitrogens with one attached hydrogen (secondary N) is 3. The topological polar surface area (TPSA) is 88.7 Å². The molecule has 3 N–H and O–H groups in total. The van der Waals surface area contributed by atoms with Crippen molar-refractivity contribution in [2.45, 2.75) is 12.8 Å². The molecular formula is C31H31N3O4. The Labute approximate surface area is 222 Å². The number of carbonyl (C=O) groups is 2. The summed E-state index contributed by atoms with van der Waals surface area (Å²) in [5, 5.41) is 8.88. The van der Waals surface area contributed by atoms with E-state index in [0.717, 1.165) is 11.3 Å². The van der Waals surface area contributed by atoms with Crippen LogP contribution < -0.4 is 25.4 Å². The van der Waals surface area contributed by atoms with Crippen LogP contribution in [-0.2, 0) is 16.0 Å². The minimum Gasteiger partial charge on any atom is -0.490 e. The van der Waals surface area contributed by atoms with E-state index < -0.39 is 0 Å². The summed E-state index contributed by atoms with van der Waals surface area (Å²) in [4.78, 5) is 24.9. The van der Waals surface area contributed by atoms with Gasteiger partial charge in [-0.15, -0.1) is 0 Å². The Morgan fingerprint density at radius 2 is 1.26 bits per heavy atom. The minimum absolute atomic E-state index is 0.0501. The Morgan fingerprint density at radius 3 is 2.03 bits per heavy atom. The molecule has 0 saturated heterocycles. The van der Waals surface area contributed by atoms with E-state index in [9.17, 15) is 9.59 Å². The van der Waals surface area contributed by atoms with Gasteiger partial charge in [0, 0.05) is 17.8 Å². The van der Waals surface area contributed by atoms with Crippen LogP contribution >= 0.6 is 0 Å². The van der Waals surface area contributed by atoms with Crippen LogP contribution in [0.3, 0.4) is 0 Å². The van der Waals surface area contributed by atoms with Crippen LogP contribution in [0.2, 0.25) is 0 Å². The van der Waals surface area contributed by atoms with Gasteiger partial charge in [-0.1, -0.05) is 66.7 Å². The molecule has 0 aliphatic carbocycles. The normalized spacial score (nSPS) is 10.3. The standard InChI is InChI=1S/C31H31N3O4/c35-30(19-18-24-10-3-1-4-11-24)33-25-12-9-13-26(22-25)34-31(36)23-32-28-16-7-8-17-29(28)38-21-20-37-27-14-5-2-6-15-27/h1-17,22,32H,18-21,23H2,(H,33,35)(H,34,36). The molecule has 0 aliphatic heterocycles. The van der Waals surface area contributed by atoms with Gasteiger partial charge in [0.05, 0.1) is 12.2 Å². The highest BCUT2D eigenvalue weighted by molar-refractivity contribution is 5.96. The quantitative estimate of drug-likeness (QED) is 0.199. The van der Waals surface area contributed by atoms with E-state index in [-0.39, 0.29) is 18.4 Å². The second kappa shape index (κ2) is 14.1. The molecule has 0 fully saturated rings. The average Bonchev–Trinajstić information content (AvgIpc) is 2.95. The molecule has 0 aromatic heterocycles. The number of hydrogen-bond acceptors (Lipinski definition) is 5. The van der Waals surface area contributed by atoms with Crippen molar-refractivity contribution in [1.82, 2.24) is 0 Å². The number of hydrogen-bond donors (Lipinski definition) is 3. The van der Waals surface area contributed by atoms with Gasteiger partial charge in [0.1, 0.15) is 24.7 Å². The van der Waals surface area contributed by atoms with Gasteiger partial charge < -0.3 is 25.4 Å². The van der Waals surface area contributed by atoms with Crippen molar-refractivity contribution in [3.63, 3.8) is 0 Å². The molecule has 0 heterocycles. The number of amides is 2. The number of carbonyl (C=O) groups excluding carboxylic acids is 2. The van der Waals surface area contributed by atoms with Gasteiger partial charge in [-0.05, 0) is 54.4 Å². The second-order valence-electron chi connectivity index (χ2n) is 8.52. The Balaban J connectivity index is 1.21. The first-order valence-electron chi connectivity index (χ1n) is 12.5. The smallest absolute Gasteiger partial charge is 0.243 e. The van der Waals surface area contributed by atoms with Crippen molar-refractivity contribution in [3.8, 4) is 11.5 Å². The minimum atomic E-state index is -0.222. The van der Waals surface area contributed by atoms with Gasteiger partial charge in [-0.3, -0.25) is 9.59 Å². The summed E-state index contributed by atoms with van der Waals surface area (Å²) in [5.74, 6) is 1.12. The summed E-state index contributed by atoms with van der Waals surface area (Å²) in [6.07, 6.45) is 1.05. The summed E-state index contributed by atoms with van der Waals surface area (Å²) < 4.78 is 11.5. The van der Waals surface area contributed by atoms with Crippen molar-refractivity contribution >= 4 is 28.9 Å². The molecular weight excluding hydrogens is 478 g/mol. The first-order valence-corrected chi connectivity index (χ1v) is 12.5. The Hall–Kier alpha value is -4.78. The molecule has 0 unspecified atom stereocenters. The molecule has 0 bridgehead atoms. The highest BCUT2D eigenvalue weighted by atomic mass is 16.5. The molecule has 194 valence electrons. The lowest BCUT2D eigenvalue weighted by atomic mass is 10.1. The van der Waals surface area contributed by atoms with Gasteiger partial charge in [0.2, 0.25) is 11.8 Å². The van der Waals surface area contributed by atoms with Crippen molar-refractivity contribution in [1.29, 1.82) is 0 Å². The number of para-hydroxylation sites is 3. The highest BCUT2D eigenvalue weighted by Crippen LogP contribution is 2.24. The molecule has 0 radical (unpaired) electrons.